The predicted molar refractivity (Wildman–Crippen MR) is 77.8 cm³/mol. The lowest BCUT2D eigenvalue weighted by atomic mass is 10.1. The maximum absolute atomic E-state index is 12.1. The van der Waals surface area contributed by atoms with Crippen LogP contribution in [0.2, 0.25) is 0 Å². The Labute approximate surface area is 126 Å². The number of ether oxygens (including phenoxy) is 1. The van der Waals surface area contributed by atoms with E-state index < -0.39 is 12.0 Å². The van der Waals surface area contributed by atoms with Crippen LogP contribution in [0.5, 0.6) is 0 Å². The van der Waals surface area contributed by atoms with Crippen molar-refractivity contribution in [1.29, 1.82) is 0 Å². The van der Waals surface area contributed by atoms with Crippen molar-refractivity contribution >= 4 is 27.8 Å². The molecule has 7 heteroatoms. The first-order chi connectivity index (χ1) is 9.49. The molecule has 1 heterocycles. The van der Waals surface area contributed by atoms with Crippen molar-refractivity contribution in [3.8, 4) is 0 Å². The number of nitrogens with one attached hydrogen (secondary N) is 1. The molecule has 0 aromatic carbocycles. The third kappa shape index (κ3) is 4.64. The topological polar surface area (TPSA) is 80.6 Å². The minimum absolute atomic E-state index is 0.336. The predicted octanol–water partition coefficient (Wildman–Crippen LogP) is 1.88. The quantitative estimate of drug-likeness (QED) is 0.704. The van der Waals surface area contributed by atoms with Crippen LogP contribution in [0.25, 0.3) is 0 Å². The molecule has 6 nitrogen and oxygen atoms in total. The molecule has 0 saturated carbocycles. The highest BCUT2D eigenvalue weighted by Crippen LogP contribution is 2.15. The van der Waals surface area contributed by atoms with Gasteiger partial charge in [0, 0.05) is 30.9 Å². The van der Waals surface area contributed by atoms with Crippen LogP contribution >= 0.6 is 15.9 Å². The highest BCUT2D eigenvalue weighted by Gasteiger charge is 2.22. The van der Waals surface area contributed by atoms with E-state index in [0.29, 0.717) is 31.7 Å². The summed E-state index contributed by atoms with van der Waals surface area (Å²) in [5, 5.41) is 11.7. The highest BCUT2D eigenvalue weighted by atomic mass is 79.9. The lowest BCUT2D eigenvalue weighted by molar-refractivity contribution is -0.139. The number of nitrogens with zero attached hydrogens (tertiary/aromatic N) is 1. The third-order valence-corrected chi connectivity index (χ3v) is 3.31. The molecule has 0 fully saturated rings. The molecule has 0 radical (unpaired) electrons. The van der Waals surface area contributed by atoms with Gasteiger partial charge in [-0.3, -0.25) is 4.79 Å². The first-order valence-electron chi connectivity index (χ1n) is 6.37. The van der Waals surface area contributed by atoms with E-state index in [1.54, 1.807) is 23.9 Å². The minimum Gasteiger partial charge on any atom is -0.480 e. The molecular formula is C13H19BrN2O4. The highest BCUT2D eigenvalue weighted by molar-refractivity contribution is 9.10. The van der Waals surface area contributed by atoms with Gasteiger partial charge in [-0.05, 0) is 41.8 Å². The number of rotatable bonds is 8. The van der Waals surface area contributed by atoms with Crippen LogP contribution < -0.4 is 5.32 Å². The van der Waals surface area contributed by atoms with Crippen LogP contribution in [0, 0.1) is 0 Å². The number of methoxy groups -OCH3 is 1. The lowest BCUT2D eigenvalue weighted by Gasteiger charge is -2.15. The Bertz CT molecular complexity index is 473. The summed E-state index contributed by atoms with van der Waals surface area (Å²) in [4.78, 5) is 23.3. The molecule has 0 aliphatic carbocycles. The molecule has 1 amide bonds. The summed E-state index contributed by atoms with van der Waals surface area (Å²) in [6.07, 6.45) is 2.70. The van der Waals surface area contributed by atoms with Gasteiger partial charge in [-0.25, -0.2) is 4.79 Å². The van der Waals surface area contributed by atoms with E-state index in [-0.39, 0.29) is 5.91 Å². The van der Waals surface area contributed by atoms with Crippen molar-refractivity contribution in [3.05, 3.63) is 22.4 Å². The largest absolute Gasteiger partial charge is 0.480 e. The van der Waals surface area contributed by atoms with Crippen LogP contribution in [0.15, 0.2) is 16.7 Å². The van der Waals surface area contributed by atoms with E-state index in [1.165, 1.54) is 0 Å². The van der Waals surface area contributed by atoms with E-state index in [1.807, 2.05) is 6.92 Å². The van der Waals surface area contributed by atoms with Gasteiger partial charge in [-0.2, -0.15) is 0 Å². The number of aromatic nitrogens is 1. The monoisotopic (exact) mass is 346 g/mol. The molecule has 2 N–H and O–H groups in total. The molecule has 0 aliphatic heterocycles. The Morgan fingerprint density at radius 3 is 2.80 bits per heavy atom. The van der Waals surface area contributed by atoms with Gasteiger partial charge in [0.15, 0.2) is 0 Å². The Morgan fingerprint density at radius 2 is 2.25 bits per heavy atom. The number of aryl methyl sites for hydroxylation is 1. The van der Waals surface area contributed by atoms with Gasteiger partial charge in [0.05, 0.1) is 0 Å². The number of carbonyl (C=O) groups is 2. The molecule has 1 rings (SSSR count). The van der Waals surface area contributed by atoms with Gasteiger partial charge < -0.3 is 19.7 Å². The fourth-order valence-electron chi connectivity index (χ4n) is 1.85. The summed E-state index contributed by atoms with van der Waals surface area (Å²) in [5.74, 6) is -1.43. The zero-order valence-electron chi connectivity index (χ0n) is 11.6. The molecular weight excluding hydrogens is 328 g/mol. The standard InChI is InChI=1S/C13H19BrN2O4/c1-3-16-8-9(14)7-11(16)12(17)15-10(13(18)19)5-4-6-20-2/h7-8,10H,3-6H2,1-2H3,(H,15,17)(H,18,19). The van der Waals surface area contributed by atoms with Gasteiger partial charge in [-0.15, -0.1) is 0 Å². The SMILES string of the molecule is CCn1cc(Br)cc1C(=O)NC(CCCOC)C(=O)O. The summed E-state index contributed by atoms with van der Waals surface area (Å²) in [7, 11) is 1.56. The molecule has 1 aromatic rings. The van der Waals surface area contributed by atoms with Gasteiger partial charge in [-0.1, -0.05) is 0 Å². The average molecular weight is 347 g/mol. The van der Waals surface area contributed by atoms with Gasteiger partial charge >= 0.3 is 5.97 Å². The summed E-state index contributed by atoms with van der Waals surface area (Å²) in [6.45, 7) is 3.02. The Balaban J connectivity index is 2.72. The van der Waals surface area contributed by atoms with Crippen LogP contribution in [-0.2, 0) is 16.1 Å². The fraction of sp³-hybridized carbons (Fsp3) is 0.538. The van der Waals surface area contributed by atoms with E-state index in [0.717, 1.165) is 4.47 Å². The normalized spacial score (nSPS) is 12.2. The van der Waals surface area contributed by atoms with Crippen molar-refractivity contribution < 1.29 is 19.4 Å². The number of carboxylic acids is 1. The lowest BCUT2D eigenvalue weighted by Crippen LogP contribution is -2.41. The summed E-state index contributed by atoms with van der Waals surface area (Å²) >= 11 is 3.30. The molecule has 20 heavy (non-hydrogen) atoms. The third-order valence-electron chi connectivity index (χ3n) is 2.88. The number of amides is 1. The van der Waals surface area contributed by atoms with Crippen molar-refractivity contribution in [3.63, 3.8) is 0 Å². The molecule has 0 spiro atoms. The van der Waals surface area contributed by atoms with E-state index >= 15 is 0 Å². The smallest absolute Gasteiger partial charge is 0.326 e. The molecule has 1 unspecified atom stereocenters. The number of hydrogen-bond acceptors (Lipinski definition) is 3. The molecule has 1 atom stereocenters. The molecule has 0 saturated heterocycles. The van der Waals surface area contributed by atoms with Crippen molar-refractivity contribution in [2.75, 3.05) is 13.7 Å². The van der Waals surface area contributed by atoms with Crippen molar-refractivity contribution in [2.24, 2.45) is 0 Å². The second-order valence-electron chi connectivity index (χ2n) is 4.33. The first-order valence-corrected chi connectivity index (χ1v) is 7.17. The maximum Gasteiger partial charge on any atom is 0.326 e. The Morgan fingerprint density at radius 1 is 1.55 bits per heavy atom. The van der Waals surface area contributed by atoms with Crippen LogP contribution in [0.4, 0.5) is 0 Å². The zero-order chi connectivity index (χ0) is 15.1. The van der Waals surface area contributed by atoms with Gasteiger partial charge in [0.1, 0.15) is 11.7 Å². The van der Waals surface area contributed by atoms with E-state index in [2.05, 4.69) is 21.2 Å². The number of halogens is 1. The Hall–Kier alpha value is -1.34. The summed E-state index contributed by atoms with van der Waals surface area (Å²) in [5.41, 5.74) is 0.442. The van der Waals surface area contributed by atoms with Crippen LogP contribution in [0.3, 0.4) is 0 Å². The fourth-order valence-corrected chi connectivity index (χ4v) is 2.31. The van der Waals surface area contributed by atoms with Crippen molar-refractivity contribution in [1.82, 2.24) is 9.88 Å². The second-order valence-corrected chi connectivity index (χ2v) is 5.24. The number of hydrogen-bond donors (Lipinski definition) is 2. The van der Waals surface area contributed by atoms with Gasteiger partial charge in [0.25, 0.3) is 5.91 Å². The number of carbonyl (C=O) groups excluding carboxylic acids is 1. The Kier molecular flexibility index (Phi) is 6.74. The van der Waals surface area contributed by atoms with Crippen molar-refractivity contribution in [2.45, 2.75) is 32.4 Å². The molecule has 0 aliphatic rings. The maximum atomic E-state index is 12.1. The molecule has 112 valence electrons. The van der Waals surface area contributed by atoms with E-state index in [9.17, 15) is 9.59 Å². The minimum atomic E-state index is -1.04. The van der Waals surface area contributed by atoms with Gasteiger partial charge in [0.2, 0.25) is 0 Å². The number of aliphatic carboxylic acids is 1. The number of carboxylic acid groups (broad SMARTS) is 1. The molecule has 1 aromatic heterocycles. The second kappa shape index (κ2) is 8.06. The average Bonchev–Trinajstić information content (AvgIpc) is 2.78. The van der Waals surface area contributed by atoms with E-state index in [4.69, 9.17) is 9.84 Å². The van der Waals surface area contributed by atoms with Crippen LogP contribution in [-0.4, -0.2) is 41.3 Å². The molecule has 0 bridgehead atoms. The first kappa shape index (κ1) is 16.7. The summed E-state index contributed by atoms with van der Waals surface area (Å²) < 4.78 is 7.43. The van der Waals surface area contributed by atoms with Crippen LogP contribution in [0.1, 0.15) is 30.3 Å². The zero-order valence-corrected chi connectivity index (χ0v) is 13.1. The summed E-state index contributed by atoms with van der Waals surface area (Å²) in [6, 6.07) is 0.768.